The third kappa shape index (κ3) is 4.32. The first-order chi connectivity index (χ1) is 8.15. The maximum atomic E-state index is 11.6. The molecule has 5 heteroatoms. The van der Waals surface area contributed by atoms with Crippen LogP contribution in [-0.2, 0) is 0 Å². The third-order valence-electron chi connectivity index (χ3n) is 2.41. The summed E-state index contributed by atoms with van der Waals surface area (Å²) in [7, 11) is 0. The fraction of sp³-hybridized carbons (Fsp3) is 0.417. The number of nitrogens with two attached hydrogens (primary N) is 1. The second-order valence-electron chi connectivity index (χ2n) is 3.81. The number of unbranched alkanes of at least 4 members (excludes halogenated alkanes) is 2. The Morgan fingerprint density at radius 1 is 1.29 bits per heavy atom. The van der Waals surface area contributed by atoms with E-state index < -0.39 is 0 Å². The molecule has 0 unspecified atom stereocenters. The number of benzene rings is 1. The van der Waals surface area contributed by atoms with Gasteiger partial charge in [0.1, 0.15) is 5.75 Å². The number of hydrogen-bond acceptors (Lipinski definition) is 4. The van der Waals surface area contributed by atoms with E-state index in [0.29, 0.717) is 12.1 Å². The standard InChI is InChI=1S/C12H18N2O3/c13-10-5-4-9(8-11(10)16)12(17)14-6-2-1-3-7-15/h4-5,8,15-16H,1-3,6-7,13H2,(H,14,17). The van der Waals surface area contributed by atoms with Crippen molar-refractivity contribution in [3.63, 3.8) is 0 Å². The van der Waals surface area contributed by atoms with Gasteiger partial charge >= 0.3 is 0 Å². The van der Waals surface area contributed by atoms with Gasteiger partial charge < -0.3 is 21.3 Å². The molecule has 1 aromatic carbocycles. The molecule has 1 aromatic rings. The van der Waals surface area contributed by atoms with Crippen LogP contribution in [0, 0.1) is 0 Å². The summed E-state index contributed by atoms with van der Waals surface area (Å²) in [5.74, 6) is -0.317. The van der Waals surface area contributed by atoms with Gasteiger partial charge in [-0.25, -0.2) is 0 Å². The van der Waals surface area contributed by atoms with Crippen molar-refractivity contribution < 1.29 is 15.0 Å². The van der Waals surface area contributed by atoms with E-state index in [-0.39, 0.29) is 24.0 Å². The monoisotopic (exact) mass is 238 g/mol. The molecule has 5 nitrogen and oxygen atoms in total. The van der Waals surface area contributed by atoms with Crippen LogP contribution in [0.4, 0.5) is 5.69 Å². The molecule has 0 bridgehead atoms. The Morgan fingerprint density at radius 2 is 2.06 bits per heavy atom. The molecule has 0 saturated heterocycles. The van der Waals surface area contributed by atoms with Crippen molar-refractivity contribution in [2.45, 2.75) is 19.3 Å². The SMILES string of the molecule is Nc1ccc(C(=O)NCCCCCO)cc1O. The largest absolute Gasteiger partial charge is 0.506 e. The van der Waals surface area contributed by atoms with Crippen LogP contribution in [0.3, 0.4) is 0 Å². The maximum Gasteiger partial charge on any atom is 0.251 e. The average molecular weight is 238 g/mol. The summed E-state index contributed by atoms with van der Waals surface area (Å²) >= 11 is 0. The van der Waals surface area contributed by atoms with Crippen LogP contribution in [0.1, 0.15) is 29.6 Å². The Balaban J connectivity index is 2.39. The normalized spacial score (nSPS) is 10.2. The highest BCUT2D eigenvalue weighted by Gasteiger charge is 2.06. The first-order valence-corrected chi connectivity index (χ1v) is 5.62. The van der Waals surface area contributed by atoms with Crippen molar-refractivity contribution in [1.82, 2.24) is 5.32 Å². The molecule has 17 heavy (non-hydrogen) atoms. The van der Waals surface area contributed by atoms with Crippen molar-refractivity contribution >= 4 is 11.6 Å². The van der Waals surface area contributed by atoms with E-state index in [1.807, 2.05) is 0 Å². The van der Waals surface area contributed by atoms with Crippen molar-refractivity contribution in [3.8, 4) is 5.75 Å². The summed E-state index contributed by atoms with van der Waals surface area (Å²) in [5, 5.41) is 20.7. The van der Waals surface area contributed by atoms with Crippen LogP contribution < -0.4 is 11.1 Å². The predicted molar refractivity (Wildman–Crippen MR) is 65.8 cm³/mol. The highest BCUT2D eigenvalue weighted by molar-refractivity contribution is 5.95. The molecule has 0 aromatic heterocycles. The Kier molecular flexibility index (Phi) is 5.29. The van der Waals surface area contributed by atoms with Crippen LogP contribution in [0.5, 0.6) is 5.75 Å². The molecule has 0 aliphatic heterocycles. The smallest absolute Gasteiger partial charge is 0.251 e. The van der Waals surface area contributed by atoms with Gasteiger partial charge in [0, 0.05) is 18.7 Å². The Labute approximate surface area is 100 Å². The molecule has 1 amide bonds. The zero-order valence-corrected chi connectivity index (χ0v) is 9.65. The molecule has 0 saturated carbocycles. The fourth-order valence-corrected chi connectivity index (χ4v) is 1.40. The molecule has 0 radical (unpaired) electrons. The number of nitrogen functional groups attached to an aromatic ring is 1. The van der Waals surface area contributed by atoms with Crippen LogP contribution >= 0.6 is 0 Å². The van der Waals surface area contributed by atoms with Crippen molar-refractivity contribution in [2.75, 3.05) is 18.9 Å². The number of amides is 1. The summed E-state index contributed by atoms with van der Waals surface area (Å²) in [6.45, 7) is 0.740. The van der Waals surface area contributed by atoms with Crippen LogP contribution in [0.2, 0.25) is 0 Å². The molecular weight excluding hydrogens is 220 g/mol. The molecule has 0 aliphatic rings. The number of hydrogen-bond donors (Lipinski definition) is 4. The predicted octanol–water partition coefficient (Wildman–Crippen LogP) is 0.867. The Morgan fingerprint density at radius 3 is 2.71 bits per heavy atom. The summed E-state index contributed by atoms with van der Waals surface area (Å²) < 4.78 is 0. The van der Waals surface area contributed by atoms with Crippen molar-refractivity contribution in [1.29, 1.82) is 0 Å². The number of aromatic hydroxyl groups is 1. The molecule has 94 valence electrons. The lowest BCUT2D eigenvalue weighted by Crippen LogP contribution is -2.24. The highest BCUT2D eigenvalue weighted by Crippen LogP contribution is 2.20. The minimum absolute atomic E-state index is 0.0852. The lowest BCUT2D eigenvalue weighted by molar-refractivity contribution is 0.0952. The lowest BCUT2D eigenvalue weighted by Gasteiger charge is -2.06. The molecule has 0 heterocycles. The quantitative estimate of drug-likeness (QED) is 0.336. The molecular formula is C12H18N2O3. The van der Waals surface area contributed by atoms with E-state index in [4.69, 9.17) is 10.8 Å². The highest BCUT2D eigenvalue weighted by atomic mass is 16.3. The fourth-order valence-electron chi connectivity index (χ4n) is 1.40. The summed E-state index contributed by atoms with van der Waals surface area (Å²) in [4.78, 5) is 11.6. The number of aliphatic hydroxyl groups excluding tert-OH is 1. The van der Waals surface area contributed by atoms with E-state index in [1.54, 1.807) is 6.07 Å². The van der Waals surface area contributed by atoms with Gasteiger partial charge in [0.2, 0.25) is 0 Å². The van der Waals surface area contributed by atoms with Gasteiger partial charge in [-0.3, -0.25) is 4.79 Å². The number of nitrogens with one attached hydrogen (secondary N) is 1. The van der Waals surface area contributed by atoms with Crippen molar-refractivity contribution in [3.05, 3.63) is 23.8 Å². The minimum atomic E-state index is -0.232. The summed E-state index contributed by atoms with van der Waals surface area (Å²) in [6.07, 6.45) is 2.45. The summed E-state index contributed by atoms with van der Waals surface area (Å²) in [6, 6.07) is 4.41. The van der Waals surface area contributed by atoms with Gasteiger partial charge in [0.05, 0.1) is 5.69 Å². The Hall–Kier alpha value is -1.75. The third-order valence-corrected chi connectivity index (χ3v) is 2.41. The lowest BCUT2D eigenvalue weighted by atomic mass is 10.1. The first-order valence-electron chi connectivity index (χ1n) is 5.62. The molecule has 0 spiro atoms. The molecule has 5 N–H and O–H groups in total. The topological polar surface area (TPSA) is 95.6 Å². The zero-order chi connectivity index (χ0) is 12.7. The van der Waals surface area contributed by atoms with Gasteiger partial charge in [-0.15, -0.1) is 0 Å². The van der Waals surface area contributed by atoms with E-state index in [1.165, 1.54) is 12.1 Å². The first kappa shape index (κ1) is 13.3. The number of aliphatic hydroxyl groups is 1. The van der Waals surface area contributed by atoms with Crippen molar-refractivity contribution in [2.24, 2.45) is 0 Å². The second kappa shape index (κ2) is 6.75. The van der Waals surface area contributed by atoms with E-state index >= 15 is 0 Å². The van der Waals surface area contributed by atoms with Gasteiger partial charge in [-0.1, -0.05) is 0 Å². The van der Waals surface area contributed by atoms with Crippen LogP contribution in [-0.4, -0.2) is 29.3 Å². The molecule has 1 rings (SSSR count). The van der Waals surface area contributed by atoms with Gasteiger partial charge in [0.25, 0.3) is 5.91 Å². The number of carbonyl (C=O) groups excluding carboxylic acids is 1. The van der Waals surface area contributed by atoms with Crippen LogP contribution in [0.25, 0.3) is 0 Å². The molecule has 0 fully saturated rings. The zero-order valence-electron chi connectivity index (χ0n) is 9.65. The van der Waals surface area contributed by atoms with Gasteiger partial charge in [0.15, 0.2) is 0 Å². The minimum Gasteiger partial charge on any atom is -0.506 e. The second-order valence-corrected chi connectivity index (χ2v) is 3.81. The molecule has 0 atom stereocenters. The number of carbonyl (C=O) groups is 1. The average Bonchev–Trinajstić information content (AvgIpc) is 2.32. The number of phenolic OH excluding ortho intramolecular Hbond substituents is 1. The number of rotatable bonds is 6. The number of anilines is 1. The van der Waals surface area contributed by atoms with E-state index in [0.717, 1.165) is 19.3 Å². The molecule has 0 aliphatic carbocycles. The Bertz CT molecular complexity index is 380. The maximum absolute atomic E-state index is 11.6. The van der Waals surface area contributed by atoms with E-state index in [9.17, 15) is 9.90 Å². The number of phenols is 1. The summed E-state index contributed by atoms with van der Waals surface area (Å²) in [5.41, 5.74) is 6.08. The van der Waals surface area contributed by atoms with E-state index in [2.05, 4.69) is 5.32 Å². The van der Waals surface area contributed by atoms with Gasteiger partial charge in [-0.2, -0.15) is 0 Å². The van der Waals surface area contributed by atoms with Gasteiger partial charge in [-0.05, 0) is 37.5 Å². The van der Waals surface area contributed by atoms with Crippen LogP contribution in [0.15, 0.2) is 18.2 Å².